The number of halogens is 1. The molecule has 0 aliphatic carbocycles. The Kier molecular flexibility index (Phi) is 3.63. The van der Waals surface area contributed by atoms with Crippen molar-refractivity contribution < 1.29 is 14.0 Å². The van der Waals surface area contributed by atoms with E-state index in [9.17, 15) is 14.0 Å². The van der Waals surface area contributed by atoms with Crippen LogP contribution >= 0.6 is 0 Å². The summed E-state index contributed by atoms with van der Waals surface area (Å²) in [5, 5.41) is 5.58. The monoisotopic (exact) mass is 298 g/mol. The zero-order valence-electron chi connectivity index (χ0n) is 12.0. The van der Waals surface area contributed by atoms with E-state index in [1.165, 1.54) is 12.1 Å². The van der Waals surface area contributed by atoms with E-state index in [1.54, 1.807) is 30.3 Å². The van der Waals surface area contributed by atoms with Crippen LogP contribution in [0.1, 0.15) is 45.7 Å². The lowest BCUT2D eigenvalue weighted by atomic mass is 10.0. The molecule has 0 saturated heterocycles. The van der Waals surface area contributed by atoms with Crippen molar-refractivity contribution in [2.75, 3.05) is 5.32 Å². The van der Waals surface area contributed by atoms with E-state index in [1.807, 2.05) is 6.92 Å². The van der Waals surface area contributed by atoms with Gasteiger partial charge in [0.2, 0.25) is 0 Å². The minimum atomic E-state index is -0.376. The predicted molar refractivity (Wildman–Crippen MR) is 81.3 cm³/mol. The molecule has 5 heteroatoms. The van der Waals surface area contributed by atoms with Gasteiger partial charge >= 0.3 is 0 Å². The Labute approximate surface area is 127 Å². The van der Waals surface area contributed by atoms with Gasteiger partial charge in [0.1, 0.15) is 5.82 Å². The van der Waals surface area contributed by atoms with Crippen molar-refractivity contribution in [2.24, 2.45) is 0 Å². The molecule has 22 heavy (non-hydrogen) atoms. The molecule has 0 spiro atoms. The number of carbonyl (C=O) groups excluding carboxylic acids is 2. The molecular weight excluding hydrogens is 283 g/mol. The van der Waals surface area contributed by atoms with E-state index in [-0.39, 0.29) is 23.7 Å². The first-order valence-corrected chi connectivity index (χ1v) is 7.10. The molecule has 2 amide bonds. The molecule has 1 heterocycles. The molecule has 2 N–H and O–H groups in total. The third kappa shape index (κ3) is 2.57. The molecule has 2 aromatic rings. The second-order valence-corrected chi connectivity index (χ2v) is 5.20. The van der Waals surface area contributed by atoms with E-state index < -0.39 is 0 Å². The van der Waals surface area contributed by atoms with Crippen molar-refractivity contribution in [3.63, 3.8) is 0 Å². The van der Waals surface area contributed by atoms with Gasteiger partial charge in [0.05, 0.1) is 17.2 Å². The number of carbonyl (C=O) groups is 2. The Morgan fingerprint density at radius 3 is 2.41 bits per heavy atom. The van der Waals surface area contributed by atoms with Crippen LogP contribution in [0.15, 0.2) is 42.5 Å². The molecule has 1 unspecified atom stereocenters. The van der Waals surface area contributed by atoms with E-state index in [0.717, 1.165) is 17.7 Å². The summed E-state index contributed by atoms with van der Waals surface area (Å²) in [6.45, 7) is 2.02. The third-order valence-electron chi connectivity index (χ3n) is 3.76. The lowest BCUT2D eigenvalue weighted by molar-refractivity contribution is 0.0879. The molecule has 1 aliphatic rings. The summed E-state index contributed by atoms with van der Waals surface area (Å²) < 4.78 is 13.0. The van der Waals surface area contributed by atoms with Gasteiger partial charge in [-0.05, 0) is 42.3 Å². The first kappa shape index (κ1) is 14.3. The first-order chi connectivity index (χ1) is 10.6. The number of nitrogens with one attached hydrogen (secondary N) is 2. The Morgan fingerprint density at radius 1 is 1.05 bits per heavy atom. The van der Waals surface area contributed by atoms with Gasteiger partial charge in [0.15, 0.2) is 0 Å². The lowest BCUT2D eigenvalue weighted by Gasteiger charge is -2.19. The summed E-state index contributed by atoms with van der Waals surface area (Å²) in [4.78, 5) is 23.2. The smallest absolute Gasteiger partial charge is 0.259 e. The van der Waals surface area contributed by atoms with Crippen molar-refractivity contribution >= 4 is 17.5 Å². The van der Waals surface area contributed by atoms with Crippen LogP contribution in [0, 0.1) is 5.82 Å². The van der Waals surface area contributed by atoms with Crippen molar-refractivity contribution in [2.45, 2.75) is 19.4 Å². The minimum absolute atomic E-state index is 0.00110. The van der Waals surface area contributed by atoms with Gasteiger partial charge in [-0.1, -0.05) is 19.1 Å². The highest BCUT2D eigenvalue weighted by Gasteiger charge is 2.26. The van der Waals surface area contributed by atoms with Crippen LogP contribution in [0.25, 0.3) is 0 Å². The highest BCUT2D eigenvalue weighted by atomic mass is 19.1. The lowest BCUT2D eigenvalue weighted by Crippen LogP contribution is -2.19. The van der Waals surface area contributed by atoms with Crippen LogP contribution in [0.3, 0.4) is 0 Å². The Morgan fingerprint density at radius 2 is 1.73 bits per heavy atom. The first-order valence-electron chi connectivity index (χ1n) is 7.10. The van der Waals surface area contributed by atoms with Crippen molar-refractivity contribution in [1.82, 2.24) is 5.32 Å². The SMILES string of the molecule is CCC(Nc1ccc2c(c1)C(=O)NC2=O)c1ccc(F)cc1. The number of hydrogen-bond donors (Lipinski definition) is 2. The summed E-state index contributed by atoms with van der Waals surface area (Å²) in [7, 11) is 0. The fraction of sp³-hybridized carbons (Fsp3) is 0.176. The molecule has 1 aliphatic heterocycles. The maximum absolute atomic E-state index is 13.0. The van der Waals surface area contributed by atoms with Gasteiger partial charge in [-0.25, -0.2) is 4.39 Å². The van der Waals surface area contributed by atoms with Gasteiger partial charge in [0, 0.05) is 5.69 Å². The zero-order chi connectivity index (χ0) is 15.7. The molecule has 0 aromatic heterocycles. The highest BCUT2D eigenvalue weighted by Crippen LogP contribution is 2.26. The van der Waals surface area contributed by atoms with Crippen LogP contribution < -0.4 is 10.6 Å². The fourth-order valence-corrected chi connectivity index (χ4v) is 2.58. The van der Waals surface area contributed by atoms with Crippen LogP contribution in [0.4, 0.5) is 10.1 Å². The molecule has 0 fully saturated rings. The average molecular weight is 298 g/mol. The largest absolute Gasteiger partial charge is 0.378 e. The van der Waals surface area contributed by atoms with Gasteiger partial charge in [-0.2, -0.15) is 0 Å². The standard InChI is InChI=1S/C17H15FN2O2/c1-2-15(10-3-5-11(18)6-4-10)19-12-7-8-13-14(9-12)17(22)20-16(13)21/h3-9,15,19H,2H2,1H3,(H,20,21,22). The number of hydrogen-bond acceptors (Lipinski definition) is 3. The predicted octanol–water partition coefficient (Wildman–Crippen LogP) is 3.27. The number of amides is 2. The molecule has 0 radical (unpaired) electrons. The summed E-state index contributed by atoms with van der Waals surface area (Å²) in [5.41, 5.74) is 2.49. The molecule has 3 rings (SSSR count). The number of rotatable bonds is 4. The van der Waals surface area contributed by atoms with E-state index >= 15 is 0 Å². The molecule has 112 valence electrons. The Balaban J connectivity index is 1.86. The average Bonchev–Trinajstić information content (AvgIpc) is 2.80. The van der Waals surface area contributed by atoms with Crippen LogP contribution in [-0.4, -0.2) is 11.8 Å². The molecule has 1 atom stereocenters. The van der Waals surface area contributed by atoms with Gasteiger partial charge in [0.25, 0.3) is 11.8 Å². The van der Waals surface area contributed by atoms with Gasteiger partial charge in [-0.3, -0.25) is 14.9 Å². The summed E-state index contributed by atoms with van der Waals surface area (Å²) in [5.74, 6) is -1.01. The van der Waals surface area contributed by atoms with Crippen molar-refractivity contribution in [1.29, 1.82) is 0 Å². The summed E-state index contributed by atoms with van der Waals surface area (Å²) in [6, 6.07) is 11.4. The third-order valence-corrected chi connectivity index (χ3v) is 3.76. The zero-order valence-corrected chi connectivity index (χ0v) is 12.0. The highest BCUT2D eigenvalue weighted by molar-refractivity contribution is 6.21. The maximum Gasteiger partial charge on any atom is 0.259 e. The fourth-order valence-electron chi connectivity index (χ4n) is 2.58. The number of fused-ring (bicyclic) bond motifs is 1. The van der Waals surface area contributed by atoms with E-state index in [0.29, 0.717) is 11.1 Å². The van der Waals surface area contributed by atoms with Crippen molar-refractivity contribution in [3.8, 4) is 0 Å². The summed E-state index contributed by atoms with van der Waals surface area (Å²) in [6.07, 6.45) is 0.799. The topological polar surface area (TPSA) is 58.2 Å². The van der Waals surface area contributed by atoms with E-state index in [4.69, 9.17) is 0 Å². The Bertz CT molecular complexity index is 741. The van der Waals surface area contributed by atoms with Crippen LogP contribution in [-0.2, 0) is 0 Å². The molecule has 0 saturated carbocycles. The Hall–Kier alpha value is -2.69. The number of imide groups is 1. The second kappa shape index (κ2) is 5.60. The number of anilines is 1. The normalized spacial score (nSPS) is 14.5. The van der Waals surface area contributed by atoms with E-state index in [2.05, 4.69) is 10.6 Å². The molecule has 0 bridgehead atoms. The molecule has 2 aromatic carbocycles. The second-order valence-electron chi connectivity index (χ2n) is 5.20. The minimum Gasteiger partial charge on any atom is -0.378 e. The van der Waals surface area contributed by atoms with Crippen LogP contribution in [0.2, 0.25) is 0 Å². The van der Waals surface area contributed by atoms with Crippen LogP contribution in [0.5, 0.6) is 0 Å². The molecular formula is C17H15FN2O2. The van der Waals surface area contributed by atoms with Gasteiger partial charge in [-0.15, -0.1) is 0 Å². The maximum atomic E-state index is 13.0. The number of benzene rings is 2. The quantitative estimate of drug-likeness (QED) is 0.852. The molecule has 4 nitrogen and oxygen atoms in total. The van der Waals surface area contributed by atoms with Gasteiger partial charge < -0.3 is 5.32 Å². The van der Waals surface area contributed by atoms with Crippen molar-refractivity contribution in [3.05, 3.63) is 65.0 Å². The summed E-state index contributed by atoms with van der Waals surface area (Å²) >= 11 is 0.